The average molecular weight is 238 g/mol. The first-order chi connectivity index (χ1) is 8.25. The second kappa shape index (κ2) is 4.26. The van der Waals surface area contributed by atoms with Crippen LogP contribution in [0.3, 0.4) is 0 Å². The zero-order valence-electron chi connectivity index (χ0n) is 9.63. The Morgan fingerprint density at radius 2 is 2.06 bits per heavy atom. The smallest absolute Gasteiger partial charge is 0.160 e. The Morgan fingerprint density at radius 3 is 2.88 bits per heavy atom. The topological polar surface area (TPSA) is 15.3 Å². The van der Waals surface area contributed by atoms with E-state index in [0.717, 1.165) is 25.2 Å². The monoisotopic (exact) mass is 238 g/mol. The van der Waals surface area contributed by atoms with Gasteiger partial charge in [0.05, 0.1) is 0 Å². The number of benzene rings is 1. The second-order valence-corrected chi connectivity index (χ2v) is 4.85. The molecule has 2 atom stereocenters. The number of hydrogen-bond acceptors (Lipinski definition) is 2. The van der Waals surface area contributed by atoms with E-state index >= 15 is 0 Å². The molecule has 4 heteroatoms. The van der Waals surface area contributed by atoms with Crippen molar-refractivity contribution < 1.29 is 8.78 Å². The largest absolute Gasteiger partial charge is 0.366 e. The van der Waals surface area contributed by atoms with Gasteiger partial charge in [0.2, 0.25) is 0 Å². The summed E-state index contributed by atoms with van der Waals surface area (Å²) in [6.07, 6.45) is 3.53. The maximum absolute atomic E-state index is 13.3. The molecule has 2 aliphatic rings. The first-order valence-corrected chi connectivity index (χ1v) is 6.21. The van der Waals surface area contributed by atoms with E-state index in [9.17, 15) is 8.78 Å². The van der Waals surface area contributed by atoms with Crippen molar-refractivity contribution in [1.29, 1.82) is 0 Å². The van der Waals surface area contributed by atoms with E-state index in [-0.39, 0.29) is 0 Å². The van der Waals surface area contributed by atoms with E-state index in [1.54, 1.807) is 6.07 Å². The summed E-state index contributed by atoms with van der Waals surface area (Å²) < 4.78 is 26.2. The van der Waals surface area contributed by atoms with Crippen LogP contribution in [0.15, 0.2) is 18.2 Å². The Balaban J connectivity index is 1.89. The first-order valence-electron chi connectivity index (χ1n) is 6.21. The SMILES string of the molecule is Fc1ccc(N2CCN[C@@H]3CCC[C@H]32)cc1F. The van der Waals surface area contributed by atoms with Crippen molar-refractivity contribution in [1.82, 2.24) is 5.32 Å². The van der Waals surface area contributed by atoms with E-state index in [1.807, 2.05) is 0 Å². The number of rotatable bonds is 1. The third kappa shape index (κ3) is 1.90. The lowest BCUT2D eigenvalue weighted by Gasteiger charge is -2.40. The summed E-state index contributed by atoms with van der Waals surface area (Å²) in [5.74, 6) is -1.53. The molecule has 1 saturated carbocycles. The van der Waals surface area contributed by atoms with E-state index < -0.39 is 11.6 Å². The van der Waals surface area contributed by atoms with E-state index in [2.05, 4.69) is 10.2 Å². The van der Waals surface area contributed by atoms with Gasteiger partial charge in [0.25, 0.3) is 0 Å². The number of fused-ring (bicyclic) bond motifs is 1. The number of nitrogens with zero attached hydrogens (tertiary/aromatic N) is 1. The molecule has 2 nitrogen and oxygen atoms in total. The molecule has 0 unspecified atom stereocenters. The summed E-state index contributed by atoms with van der Waals surface area (Å²) in [5, 5.41) is 3.50. The highest BCUT2D eigenvalue weighted by Gasteiger charge is 2.35. The van der Waals surface area contributed by atoms with Gasteiger partial charge in [0.15, 0.2) is 11.6 Å². The van der Waals surface area contributed by atoms with Crippen LogP contribution in [0.5, 0.6) is 0 Å². The predicted octanol–water partition coefficient (Wildman–Crippen LogP) is 2.30. The predicted molar refractivity (Wildman–Crippen MR) is 63.1 cm³/mol. The standard InChI is InChI=1S/C13H16F2N2/c14-10-5-4-9(8-11(10)15)17-7-6-16-12-2-1-3-13(12)17/h4-5,8,12-13,16H,1-3,6-7H2/t12-,13-/m1/s1. The zero-order chi connectivity index (χ0) is 11.8. The van der Waals surface area contributed by atoms with Crippen molar-refractivity contribution in [3.05, 3.63) is 29.8 Å². The van der Waals surface area contributed by atoms with Gasteiger partial charge in [-0.3, -0.25) is 0 Å². The summed E-state index contributed by atoms with van der Waals surface area (Å²) in [4.78, 5) is 2.22. The summed E-state index contributed by atoms with van der Waals surface area (Å²) in [6, 6.07) is 5.16. The number of nitrogens with one attached hydrogen (secondary N) is 1. The minimum atomic E-state index is -0.771. The second-order valence-electron chi connectivity index (χ2n) is 4.85. The normalized spacial score (nSPS) is 28.2. The van der Waals surface area contributed by atoms with Gasteiger partial charge in [-0.2, -0.15) is 0 Å². The molecule has 0 spiro atoms. The van der Waals surface area contributed by atoms with Gasteiger partial charge >= 0.3 is 0 Å². The molecule has 0 radical (unpaired) electrons. The summed E-state index contributed by atoms with van der Waals surface area (Å²) >= 11 is 0. The van der Waals surface area contributed by atoms with Crippen LogP contribution in [0.1, 0.15) is 19.3 Å². The summed E-state index contributed by atoms with van der Waals surface area (Å²) in [6.45, 7) is 1.78. The maximum atomic E-state index is 13.3. The number of piperazine rings is 1. The average Bonchev–Trinajstić information content (AvgIpc) is 2.80. The maximum Gasteiger partial charge on any atom is 0.160 e. The molecule has 1 saturated heterocycles. The zero-order valence-corrected chi connectivity index (χ0v) is 9.63. The molecule has 1 N–H and O–H groups in total. The fourth-order valence-electron chi connectivity index (χ4n) is 3.07. The van der Waals surface area contributed by atoms with Crippen LogP contribution in [0.25, 0.3) is 0 Å². The number of hydrogen-bond donors (Lipinski definition) is 1. The Kier molecular flexibility index (Phi) is 2.74. The van der Waals surface area contributed by atoms with Crippen molar-refractivity contribution in [3.63, 3.8) is 0 Å². The molecular weight excluding hydrogens is 222 g/mol. The van der Waals surface area contributed by atoms with Crippen molar-refractivity contribution in [3.8, 4) is 0 Å². The molecule has 0 bridgehead atoms. The van der Waals surface area contributed by atoms with Crippen LogP contribution < -0.4 is 10.2 Å². The van der Waals surface area contributed by atoms with Crippen molar-refractivity contribution in [2.24, 2.45) is 0 Å². The van der Waals surface area contributed by atoms with E-state index in [1.165, 1.54) is 25.0 Å². The molecule has 1 aliphatic heterocycles. The molecule has 17 heavy (non-hydrogen) atoms. The molecule has 0 aromatic heterocycles. The highest BCUT2D eigenvalue weighted by atomic mass is 19.2. The fraction of sp³-hybridized carbons (Fsp3) is 0.538. The first kappa shape index (κ1) is 11.0. The highest BCUT2D eigenvalue weighted by Crippen LogP contribution is 2.31. The minimum Gasteiger partial charge on any atom is -0.366 e. The molecule has 1 heterocycles. The number of halogens is 2. The Labute approximate surface area is 99.6 Å². The van der Waals surface area contributed by atoms with Gasteiger partial charge in [0, 0.05) is 36.9 Å². The van der Waals surface area contributed by atoms with Crippen LogP contribution in [-0.4, -0.2) is 25.2 Å². The van der Waals surface area contributed by atoms with Crippen LogP contribution >= 0.6 is 0 Å². The quantitative estimate of drug-likeness (QED) is 0.807. The molecule has 0 amide bonds. The Morgan fingerprint density at radius 1 is 1.18 bits per heavy atom. The third-order valence-corrected chi connectivity index (χ3v) is 3.87. The van der Waals surface area contributed by atoms with E-state index in [0.29, 0.717) is 12.1 Å². The molecular formula is C13H16F2N2. The highest BCUT2D eigenvalue weighted by molar-refractivity contribution is 5.49. The van der Waals surface area contributed by atoms with Gasteiger partial charge in [0.1, 0.15) is 0 Å². The Bertz CT molecular complexity index is 422. The molecule has 92 valence electrons. The van der Waals surface area contributed by atoms with Crippen LogP contribution in [0, 0.1) is 11.6 Å². The molecule has 1 aliphatic carbocycles. The fourth-order valence-corrected chi connectivity index (χ4v) is 3.07. The van der Waals surface area contributed by atoms with Crippen molar-refractivity contribution in [2.75, 3.05) is 18.0 Å². The van der Waals surface area contributed by atoms with E-state index in [4.69, 9.17) is 0 Å². The van der Waals surface area contributed by atoms with Crippen LogP contribution in [-0.2, 0) is 0 Å². The van der Waals surface area contributed by atoms with Crippen molar-refractivity contribution in [2.45, 2.75) is 31.3 Å². The lowest BCUT2D eigenvalue weighted by molar-refractivity contribution is 0.403. The number of anilines is 1. The van der Waals surface area contributed by atoms with Gasteiger partial charge in [-0.1, -0.05) is 0 Å². The Hall–Kier alpha value is -1.16. The lowest BCUT2D eigenvalue weighted by Crippen LogP contribution is -2.55. The minimum absolute atomic E-state index is 0.439. The molecule has 1 aromatic carbocycles. The lowest BCUT2D eigenvalue weighted by atomic mass is 10.1. The van der Waals surface area contributed by atoms with Gasteiger partial charge in [-0.05, 0) is 31.4 Å². The van der Waals surface area contributed by atoms with Crippen molar-refractivity contribution >= 4 is 5.69 Å². The summed E-state index contributed by atoms with van der Waals surface area (Å²) in [5.41, 5.74) is 0.808. The summed E-state index contributed by atoms with van der Waals surface area (Å²) in [7, 11) is 0. The van der Waals surface area contributed by atoms with Gasteiger partial charge < -0.3 is 10.2 Å². The third-order valence-electron chi connectivity index (χ3n) is 3.87. The van der Waals surface area contributed by atoms with Gasteiger partial charge in [-0.25, -0.2) is 8.78 Å². The van der Waals surface area contributed by atoms with Crippen LogP contribution in [0.2, 0.25) is 0 Å². The molecule has 3 rings (SSSR count). The molecule has 2 fully saturated rings. The molecule has 1 aromatic rings. The van der Waals surface area contributed by atoms with Crippen LogP contribution in [0.4, 0.5) is 14.5 Å². The van der Waals surface area contributed by atoms with Gasteiger partial charge in [-0.15, -0.1) is 0 Å².